The second-order valence-electron chi connectivity index (χ2n) is 10.8. The molecule has 1 aliphatic carbocycles. The SMILES string of the molecule is Cc1nc(N2CCC(c3nnc4n3-c3ccc(Cl)cc3CN(C3CC(O)(C(F)(F)F)C3)C4)CC2)ccc1C#N. The maximum absolute atomic E-state index is 13.3. The molecule has 1 saturated carbocycles. The molecule has 0 bridgehead atoms. The summed E-state index contributed by atoms with van der Waals surface area (Å²) >= 11 is 6.33. The molecule has 8 nitrogen and oxygen atoms in total. The second-order valence-corrected chi connectivity index (χ2v) is 11.2. The lowest BCUT2D eigenvalue weighted by Gasteiger charge is -2.48. The van der Waals surface area contributed by atoms with Crippen molar-refractivity contribution in [1.82, 2.24) is 24.6 Å². The van der Waals surface area contributed by atoms with Crippen LogP contribution in [0.2, 0.25) is 5.02 Å². The van der Waals surface area contributed by atoms with Gasteiger partial charge in [-0.3, -0.25) is 9.47 Å². The topological polar surface area (TPSA) is 94.1 Å². The van der Waals surface area contributed by atoms with Crippen LogP contribution in [-0.4, -0.2) is 60.7 Å². The summed E-state index contributed by atoms with van der Waals surface area (Å²) < 4.78 is 42.0. The molecule has 0 radical (unpaired) electrons. The van der Waals surface area contributed by atoms with Gasteiger partial charge < -0.3 is 10.0 Å². The summed E-state index contributed by atoms with van der Waals surface area (Å²) in [6, 6.07) is 11.0. The highest BCUT2D eigenvalue weighted by Crippen LogP contribution is 2.48. The zero-order valence-corrected chi connectivity index (χ0v) is 22.0. The van der Waals surface area contributed by atoms with Gasteiger partial charge in [0.25, 0.3) is 0 Å². The van der Waals surface area contributed by atoms with Crippen LogP contribution < -0.4 is 4.90 Å². The zero-order valence-electron chi connectivity index (χ0n) is 21.3. The zero-order chi connectivity index (χ0) is 27.5. The van der Waals surface area contributed by atoms with Crippen molar-refractivity contribution in [3.8, 4) is 11.8 Å². The molecule has 39 heavy (non-hydrogen) atoms. The van der Waals surface area contributed by atoms with Gasteiger partial charge in [-0.25, -0.2) is 4.98 Å². The van der Waals surface area contributed by atoms with Crippen molar-refractivity contribution >= 4 is 17.4 Å². The molecule has 0 atom stereocenters. The van der Waals surface area contributed by atoms with Gasteiger partial charge in [-0.05, 0) is 55.7 Å². The highest BCUT2D eigenvalue weighted by Gasteiger charge is 2.62. The third-order valence-electron chi connectivity index (χ3n) is 8.32. The quantitative estimate of drug-likeness (QED) is 0.501. The number of halogens is 4. The molecular formula is C27H27ClF3N7O. The van der Waals surface area contributed by atoms with Gasteiger partial charge in [0.2, 0.25) is 0 Å². The summed E-state index contributed by atoms with van der Waals surface area (Å²) in [6.45, 7) is 4.09. The van der Waals surface area contributed by atoms with Crippen LogP contribution in [0.25, 0.3) is 5.69 Å². The first-order valence-electron chi connectivity index (χ1n) is 12.9. The lowest BCUT2D eigenvalue weighted by atomic mass is 9.74. The van der Waals surface area contributed by atoms with Gasteiger partial charge >= 0.3 is 6.18 Å². The Morgan fingerprint density at radius 3 is 2.51 bits per heavy atom. The largest absolute Gasteiger partial charge is 0.417 e. The van der Waals surface area contributed by atoms with Gasteiger partial charge in [-0.2, -0.15) is 18.4 Å². The van der Waals surface area contributed by atoms with E-state index < -0.39 is 17.8 Å². The number of hydrogen-bond acceptors (Lipinski definition) is 7. The molecule has 4 heterocycles. The molecule has 2 fully saturated rings. The van der Waals surface area contributed by atoms with Gasteiger partial charge in [0.05, 0.1) is 23.5 Å². The minimum atomic E-state index is -4.65. The van der Waals surface area contributed by atoms with Crippen molar-refractivity contribution in [3.05, 3.63) is 63.8 Å². The molecule has 6 rings (SSSR count). The third kappa shape index (κ3) is 4.54. The normalized spacial score (nSPS) is 23.9. The first-order chi connectivity index (χ1) is 18.6. The van der Waals surface area contributed by atoms with Gasteiger partial charge in [0.15, 0.2) is 11.4 Å². The monoisotopic (exact) mass is 557 g/mol. The van der Waals surface area contributed by atoms with E-state index >= 15 is 0 Å². The predicted octanol–water partition coefficient (Wildman–Crippen LogP) is 4.65. The number of aryl methyl sites for hydroxylation is 1. The number of nitriles is 1. The van der Waals surface area contributed by atoms with Crippen LogP contribution >= 0.6 is 11.6 Å². The van der Waals surface area contributed by atoms with Crippen LogP contribution in [0.15, 0.2) is 30.3 Å². The Kier molecular flexibility index (Phi) is 6.32. The van der Waals surface area contributed by atoms with Crippen LogP contribution in [-0.2, 0) is 13.1 Å². The number of anilines is 1. The van der Waals surface area contributed by atoms with E-state index in [9.17, 15) is 23.5 Å². The molecule has 3 aromatic rings. The van der Waals surface area contributed by atoms with E-state index in [1.807, 2.05) is 34.6 Å². The fourth-order valence-corrected chi connectivity index (χ4v) is 6.19. The van der Waals surface area contributed by atoms with Gasteiger partial charge in [-0.15, -0.1) is 10.2 Å². The van der Waals surface area contributed by atoms with Crippen molar-refractivity contribution in [2.75, 3.05) is 18.0 Å². The van der Waals surface area contributed by atoms with E-state index in [-0.39, 0.29) is 18.8 Å². The minimum absolute atomic E-state index is 0.135. The first-order valence-corrected chi connectivity index (χ1v) is 13.3. The lowest BCUT2D eigenvalue weighted by Crippen LogP contribution is -2.61. The number of hydrogen-bond donors (Lipinski definition) is 1. The van der Waals surface area contributed by atoms with Crippen molar-refractivity contribution in [3.63, 3.8) is 0 Å². The molecule has 0 amide bonds. The molecule has 2 aliphatic heterocycles. The van der Waals surface area contributed by atoms with Crippen molar-refractivity contribution in [2.45, 2.75) is 69.4 Å². The van der Waals surface area contributed by atoms with Crippen LogP contribution in [0.5, 0.6) is 0 Å². The molecule has 1 N–H and O–H groups in total. The number of rotatable bonds is 3. The average molecular weight is 558 g/mol. The maximum atomic E-state index is 13.3. The first kappa shape index (κ1) is 26.0. The van der Waals surface area contributed by atoms with Gasteiger partial charge in [0.1, 0.15) is 17.7 Å². The van der Waals surface area contributed by atoms with Crippen LogP contribution in [0, 0.1) is 18.3 Å². The van der Waals surface area contributed by atoms with Crippen molar-refractivity contribution in [1.29, 1.82) is 5.26 Å². The third-order valence-corrected chi connectivity index (χ3v) is 8.56. The smallest absolute Gasteiger partial charge is 0.380 e. The highest BCUT2D eigenvalue weighted by atomic mass is 35.5. The van der Waals surface area contributed by atoms with Crippen molar-refractivity contribution in [2.24, 2.45) is 0 Å². The molecule has 1 saturated heterocycles. The molecule has 1 aromatic carbocycles. The predicted molar refractivity (Wildman–Crippen MR) is 138 cm³/mol. The Morgan fingerprint density at radius 2 is 1.85 bits per heavy atom. The molecule has 12 heteroatoms. The average Bonchev–Trinajstić information content (AvgIpc) is 3.22. The van der Waals surface area contributed by atoms with Crippen LogP contribution in [0.1, 0.15) is 60.1 Å². The van der Waals surface area contributed by atoms with E-state index in [1.165, 1.54) is 0 Å². The Morgan fingerprint density at radius 1 is 1.10 bits per heavy atom. The molecule has 0 spiro atoms. The second kappa shape index (κ2) is 9.47. The summed E-state index contributed by atoms with van der Waals surface area (Å²) in [5.74, 6) is 2.48. The number of pyridine rings is 1. The number of aromatic nitrogens is 4. The molecular weight excluding hydrogens is 531 g/mol. The fraction of sp³-hybridized carbons (Fsp3) is 0.481. The number of fused-ring (bicyclic) bond motifs is 3. The van der Waals surface area contributed by atoms with Gasteiger partial charge in [-0.1, -0.05) is 11.6 Å². The molecule has 2 aromatic heterocycles. The number of benzene rings is 1. The standard InChI is InChI=1S/C27H27ClF3N7O/c1-16-18(13-32)2-5-23(33-16)36-8-6-17(7-9-36)25-35-34-24-15-37(21-11-26(39,12-21)27(29,30)31)14-19-10-20(28)3-4-22(19)38(24)25/h2-5,10,17,21,39H,6-9,11-12,14-15H2,1H3. The number of piperidine rings is 1. The summed E-state index contributed by atoms with van der Waals surface area (Å²) in [5.41, 5.74) is 0.405. The minimum Gasteiger partial charge on any atom is -0.380 e. The Bertz CT molecular complexity index is 1450. The Labute approximate surface area is 228 Å². The van der Waals surface area contributed by atoms with E-state index in [4.69, 9.17) is 11.6 Å². The van der Waals surface area contributed by atoms with E-state index in [0.29, 0.717) is 35.2 Å². The molecule has 204 valence electrons. The number of aliphatic hydroxyl groups is 1. The van der Waals surface area contributed by atoms with Crippen LogP contribution in [0.4, 0.5) is 19.0 Å². The van der Waals surface area contributed by atoms with E-state index in [1.54, 1.807) is 12.1 Å². The van der Waals surface area contributed by atoms with E-state index in [0.717, 1.165) is 48.8 Å². The van der Waals surface area contributed by atoms with Gasteiger partial charge in [0, 0.05) is 49.5 Å². The molecule has 0 unspecified atom stereocenters. The van der Waals surface area contributed by atoms with E-state index in [2.05, 4.69) is 26.2 Å². The highest BCUT2D eigenvalue weighted by molar-refractivity contribution is 6.30. The number of nitrogens with zero attached hydrogens (tertiary/aromatic N) is 7. The fourth-order valence-electron chi connectivity index (χ4n) is 5.99. The summed E-state index contributed by atoms with van der Waals surface area (Å²) in [7, 11) is 0. The molecule has 3 aliphatic rings. The lowest BCUT2D eigenvalue weighted by molar-refractivity contribution is -0.300. The van der Waals surface area contributed by atoms with Crippen LogP contribution in [0.3, 0.4) is 0 Å². The summed E-state index contributed by atoms with van der Waals surface area (Å²) in [4.78, 5) is 8.75. The maximum Gasteiger partial charge on any atom is 0.417 e. The Hall–Kier alpha value is -3.20. The summed E-state index contributed by atoms with van der Waals surface area (Å²) in [6.07, 6.45) is -3.73. The summed E-state index contributed by atoms with van der Waals surface area (Å²) in [5, 5.41) is 28.9. The Balaban J connectivity index is 1.25. The van der Waals surface area contributed by atoms with Crippen molar-refractivity contribution < 1.29 is 18.3 Å². The number of alkyl halides is 3.